The van der Waals surface area contributed by atoms with Crippen LogP contribution in [-0.2, 0) is 16.8 Å². The molecule has 2 saturated carbocycles. The summed E-state index contributed by atoms with van der Waals surface area (Å²) < 4.78 is 72.0. The number of allylic oxidation sites excluding steroid dienone is 4. The lowest BCUT2D eigenvalue weighted by Gasteiger charge is -2.56. The molecule has 0 aliphatic heterocycles. The van der Waals surface area contributed by atoms with Gasteiger partial charge in [0.15, 0.2) is 5.78 Å². The summed E-state index contributed by atoms with van der Waals surface area (Å²) in [6.07, 6.45) is -2.97. The minimum atomic E-state index is -5.89. The SMILES string of the molecule is CC(C)(C)c1ccc(NC(=O)NCc2ccc([C@H]3C[C@@]4(C)[C@@H](CC[C@@]4(O)C(F)(F)C(F)(F)F)[C@@H]4CCC5=CC(=O)CCC5=C43)cc2)cc1. The molecule has 0 unspecified atom stereocenters. The highest BCUT2D eigenvalue weighted by molar-refractivity contribution is 5.93. The second-order valence-electron chi connectivity index (χ2n) is 15.3. The molecular formula is C38H43F5N2O3. The van der Waals surface area contributed by atoms with Gasteiger partial charge in [-0.1, -0.05) is 69.7 Å². The van der Waals surface area contributed by atoms with E-state index in [4.69, 9.17) is 0 Å². The number of nitrogens with one attached hydrogen (secondary N) is 2. The number of alkyl halides is 5. The number of anilines is 1. The van der Waals surface area contributed by atoms with Crippen LogP contribution in [0.1, 0.15) is 95.2 Å². The number of rotatable bonds is 5. The minimum Gasteiger partial charge on any atom is -0.383 e. The van der Waals surface area contributed by atoms with Gasteiger partial charge in [-0.25, -0.2) is 4.79 Å². The molecule has 5 nitrogen and oxygen atoms in total. The highest BCUT2D eigenvalue weighted by Gasteiger charge is 2.79. The molecule has 4 aliphatic carbocycles. The first kappa shape index (κ1) is 34.3. The van der Waals surface area contributed by atoms with E-state index in [2.05, 4.69) is 31.4 Å². The van der Waals surface area contributed by atoms with Gasteiger partial charge in [0.2, 0.25) is 0 Å². The molecule has 10 heteroatoms. The van der Waals surface area contributed by atoms with Crippen LogP contribution >= 0.6 is 0 Å². The normalized spacial score (nSPS) is 29.1. The van der Waals surface area contributed by atoms with Crippen molar-refractivity contribution in [1.29, 1.82) is 0 Å². The highest BCUT2D eigenvalue weighted by Crippen LogP contribution is 2.70. The van der Waals surface area contributed by atoms with Crippen LogP contribution < -0.4 is 10.6 Å². The standard InChI is InChI=1S/C38H43F5N2O3/c1-34(2,3)25-10-12-26(13-11-25)45-33(47)44-21-22-5-7-23(8-6-22)30-20-35(4)31(17-18-36(35,48)37(39,40)38(41,42)43)29-15-9-24-19-27(46)14-16-28(24)32(29)30/h5-8,10-13,19,29-31,48H,9,14-18,20-21H2,1-4H3,(H2,44,45,47)/t29-,30+,31-,35-,36-/m0/s1. The zero-order valence-electron chi connectivity index (χ0n) is 27.7. The molecule has 3 N–H and O–H groups in total. The fourth-order valence-electron chi connectivity index (χ4n) is 8.99. The molecule has 2 amide bonds. The minimum absolute atomic E-state index is 0.0139. The average molecular weight is 671 g/mol. The van der Waals surface area contributed by atoms with Crippen molar-refractivity contribution in [2.75, 3.05) is 5.32 Å². The third-order valence-electron chi connectivity index (χ3n) is 11.6. The fraction of sp³-hybridized carbons (Fsp3) is 0.526. The third-order valence-corrected chi connectivity index (χ3v) is 11.6. The Bertz CT molecular complexity index is 1650. The number of fused-ring (bicyclic) bond motifs is 4. The molecule has 2 aromatic rings. The summed E-state index contributed by atoms with van der Waals surface area (Å²) in [5.74, 6) is -6.60. The van der Waals surface area contributed by atoms with Crippen LogP contribution in [0.2, 0.25) is 0 Å². The van der Waals surface area contributed by atoms with Crippen LogP contribution in [-0.4, -0.2) is 34.6 Å². The number of urea groups is 1. The Kier molecular flexibility index (Phi) is 8.45. The summed E-state index contributed by atoms with van der Waals surface area (Å²) in [4.78, 5) is 24.9. The Balaban J connectivity index is 1.27. The van der Waals surface area contributed by atoms with Crippen LogP contribution in [0.25, 0.3) is 0 Å². The second-order valence-corrected chi connectivity index (χ2v) is 15.3. The molecule has 2 aromatic carbocycles. The van der Waals surface area contributed by atoms with Crippen molar-refractivity contribution in [2.45, 2.75) is 108 Å². The maximum Gasteiger partial charge on any atom is 0.456 e. The van der Waals surface area contributed by atoms with Crippen molar-refractivity contribution in [3.63, 3.8) is 0 Å². The number of ketones is 1. The van der Waals surface area contributed by atoms with Gasteiger partial charge in [-0.05, 0) is 102 Å². The number of hydrogen-bond acceptors (Lipinski definition) is 3. The molecule has 0 aromatic heterocycles. The van der Waals surface area contributed by atoms with Crippen LogP contribution in [0.3, 0.4) is 0 Å². The summed E-state index contributed by atoms with van der Waals surface area (Å²) in [6.45, 7) is 7.95. The van der Waals surface area contributed by atoms with Gasteiger partial charge in [0, 0.05) is 30.0 Å². The van der Waals surface area contributed by atoms with Crippen LogP contribution in [0.4, 0.5) is 32.4 Å². The Labute approximate surface area is 278 Å². The van der Waals surface area contributed by atoms with Crippen LogP contribution in [0.5, 0.6) is 0 Å². The first-order chi connectivity index (χ1) is 22.4. The Morgan fingerprint density at radius 2 is 1.60 bits per heavy atom. The number of carbonyl (C=O) groups is 2. The molecule has 48 heavy (non-hydrogen) atoms. The number of benzene rings is 2. The number of hydrogen-bond donors (Lipinski definition) is 3. The molecule has 0 bridgehead atoms. The highest BCUT2D eigenvalue weighted by atomic mass is 19.4. The van der Waals surface area contributed by atoms with E-state index >= 15 is 8.78 Å². The van der Waals surface area contributed by atoms with Crippen molar-refractivity contribution >= 4 is 17.5 Å². The van der Waals surface area contributed by atoms with Crippen molar-refractivity contribution in [1.82, 2.24) is 5.32 Å². The van der Waals surface area contributed by atoms with E-state index in [1.54, 1.807) is 6.08 Å². The molecule has 6 rings (SSSR count). The molecule has 0 radical (unpaired) electrons. The second kappa shape index (κ2) is 11.8. The Hall–Kier alpha value is -3.53. The predicted molar refractivity (Wildman–Crippen MR) is 174 cm³/mol. The van der Waals surface area contributed by atoms with Crippen LogP contribution in [0.15, 0.2) is 71.3 Å². The first-order valence-corrected chi connectivity index (χ1v) is 16.7. The van der Waals surface area contributed by atoms with Crippen molar-refractivity contribution < 1.29 is 36.6 Å². The quantitative estimate of drug-likeness (QED) is 0.278. The molecule has 2 fully saturated rings. The summed E-state index contributed by atoms with van der Waals surface area (Å²) in [7, 11) is 0. The average Bonchev–Trinajstić information content (AvgIpc) is 3.30. The predicted octanol–water partition coefficient (Wildman–Crippen LogP) is 9.13. The first-order valence-electron chi connectivity index (χ1n) is 16.7. The Morgan fingerprint density at radius 3 is 2.23 bits per heavy atom. The number of aliphatic hydroxyl groups is 1. The summed E-state index contributed by atoms with van der Waals surface area (Å²) in [5.41, 5.74) is 1.32. The Morgan fingerprint density at radius 1 is 0.938 bits per heavy atom. The maximum atomic E-state index is 15.2. The summed E-state index contributed by atoms with van der Waals surface area (Å²) in [5, 5.41) is 17.1. The maximum absolute atomic E-state index is 15.2. The van der Waals surface area contributed by atoms with Crippen molar-refractivity contribution in [3.05, 3.63) is 88.0 Å². The molecule has 0 saturated heterocycles. The molecule has 5 atom stereocenters. The number of halogens is 5. The van der Waals surface area contributed by atoms with Gasteiger partial charge in [-0.15, -0.1) is 0 Å². The van der Waals surface area contributed by atoms with Crippen molar-refractivity contribution in [3.8, 4) is 0 Å². The van der Waals surface area contributed by atoms with E-state index < -0.39 is 41.4 Å². The lowest BCUT2D eigenvalue weighted by molar-refractivity contribution is -0.362. The molecule has 0 heterocycles. The van der Waals surface area contributed by atoms with E-state index in [9.17, 15) is 27.9 Å². The lowest BCUT2D eigenvalue weighted by atomic mass is 9.50. The van der Waals surface area contributed by atoms with E-state index in [0.717, 1.165) is 33.4 Å². The van der Waals surface area contributed by atoms with E-state index in [-0.39, 0.29) is 42.5 Å². The zero-order valence-corrected chi connectivity index (χ0v) is 27.7. The number of amides is 2. The lowest BCUT2D eigenvalue weighted by Crippen LogP contribution is -2.65. The van der Waals surface area contributed by atoms with Gasteiger partial charge >= 0.3 is 18.1 Å². The largest absolute Gasteiger partial charge is 0.456 e. The van der Waals surface area contributed by atoms with Gasteiger partial charge in [-0.3, -0.25) is 4.79 Å². The third kappa shape index (κ3) is 5.67. The topological polar surface area (TPSA) is 78.4 Å². The molecular weight excluding hydrogens is 627 g/mol. The fourth-order valence-corrected chi connectivity index (χ4v) is 8.99. The van der Waals surface area contributed by atoms with E-state index in [1.165, 1.54) is 6.92 Å². The van der Waals surface area contributed by atoms with Gasteiger partial charge in [0.05, 0.1) is 0 Å². The van der Waals surface area contributed by atoms with E-state index in [1.807, 2.05) is 48.5 Å². The van der Waals surface area contributed by atoms with Gasteiger partial charge < -0.3 is 15.7 Å². The summed E-state index contributed by atoms with van der Waals surface area (Å²) >= 11 is 0. The van der Waals surface area contributed by atoms with Gasteiger partial charge in [0.25, 0.3) is 0 Å². The molecule has 4 aliphatic rings. The number of carbonyl (C=O) groups excluding carboxylic acids is 2. The molecule has 0 spiro atoms. The zero-order chi connectivity index (χ0) is 34.9. The van der Waals surface area contributed by atoms with Crippen molar-refractivity contribution in [2.24, 2.45) is 17.3 Å². The van der Waals surface area contributed by atoms with Crippen LogP contribution in [0, 0.1) is 17.3 Å². The molecule has 258 valence electrons. The monoisotopic (exact) mass is 670 g/mol. The van der Waals surface area contributed by atoms with E-state index in [0.29, 0.717) is 31.4 Å². The smallest absolute Gasteiger partial charge is 0.383 e. The van der Waals surface area contributed by atoms with Gasteiger partial charge in [0.1, 0.15) is 5.60 Å². The summed E-state index contributed by atoms with van der Waals surface area (Å²) in [6, 6.07) is 14.5. The van der Waals surface area contributed by atoms with Gasteiger partial charge in [-0.2, -0.15) is 22.0 Å².